The van der Waals surface area contributed by atoms with E-state index in [1.807, 2.05) is 11.3 Å². The van der Waals surface area contributed by atoms with Gasteiger partial charge in [0.15, 0.2) is 0 Å². The number of ether oxygens (including phenoxy) is 1. The summed E-state index contributed by atoms with van der Waals surface area (Å²) in [4.78, 5) is 2.93. The van der Waals surface area contributed by atoms with E-state index in [0.29, 0.717) is 0 Å². The van der Waals surface area contributed by atoms with Crippen LogP contribution in [0.3, 0.4) is 0 Å². The van der Waals surface area contributed by atoms with Crippen molar-refractivity contribution < 1.29 is 4.74 Å². The third-order valence-electron chi connectivity index (χ3n) is 5.30. The number of unbranched alkanes of at least 4 members (excludes halogenated alkanes) is 1. The largest absolute Gasteiger partial charge is 0.493 e. The maximum absolute atomic E-state index is 5.95. The molecule has 1 heterocycles. The molecule has 0 saturated carbocycles. The van der Waals surface area contributed by atoms with Gasteiger partial charge in [0.2, 0.25) is 0 Å². The van der Waals surface area contributed by atoms with Crippen LogP contribution in [0.4, 0.5) is 0 Å². The van der Waals surface area contributed by atoms with Crippen LogP contribution in [-0.2, 0) is 10.7 Å². The van der Waals surface area contributed by atoms with Gasteiger partial charge in [0.1, 0.15) is 5.75 Å². The lowest BCUT2D eigenvalue weighted by atomic mass is 9.74. The summed E-state index contributed by atoms with van der Waals surface area (Å²) < 4.78 is 5.95. The SMILES string of the molecule is CCCCOc1ccc(C(CC)(CC)c2cc(C)c(CBr)s2)cc1C. The van der Waals surface area contributed by atoms with E-state index in [1.165, 1.54) is 32.9 Å². The van der Waals surface area contributed by atoms with Gasteiger partial charge >= 0.3 is 0 Å². The zero-order valence-corrected chi connectivity index (χ0v) is 18.6. The second-order valence-electron chi connectivity index (χ2n) is 6.82. The van der Waals surface area contributed by atoms with Gasteiger partial charge < -0.3 is 4.74 Å². The standard InChI is InChI=1S/C22H31BrOS/c1-6-9-12-24-19-11-10-18(13-16(19)4)22(7-2,8-3)21-14-17(5)20(15-23)25-21/h10-11,13-14H,6-9,12,15H2,1-5H3. The van der Waals surface area contributed by atoms with Gasteiger partial charge in [-0.25, -0.2) is 0 Å². The molecule has 0 aliphatic heterocycles. The zero-order valence-electron chi connectivity index (χ0n) is 16.2. The Morgan fingerprint density at radius 3 is 2.28 bits per heavy atom. The first-order valence-electron chi connectivity index (χ1n) is 9.42. The van der Waals surface area contributed by atoms with Crippen LogP contribution in [0, 0.1) is 13.8 Å². The Kier molecular flexibility index (Phi) is 7.57. The lowest BCUT2D eigenvalue weighted by molar-refractivity contribution is 0.307. The highest BCUT2D eigenvalue weighted by Crippen LogP contribution is 2.44. The monoisotopic (exact) mass is 422 g/mol. The van der Waals surface area contributed by atoms with E-state index in [4.69, 9.17) is 4.74 Å². The van der Waals surface area contributed by atoms with Gasteiger partial charge in [-0.1, -0.05) is 55.3 Å². The number of rotatable bonds is 9. The molecular weight excluding hydrogens is 392 g/mol. The Labute approximate surface area is 165 Å². The summed E-state index contributed by atoms with van der Waals surface area (Å²) in [5.41, 5.74) is 4.16. The molecule has 0 fully saturated rings. The van der Waals surface area contributed by atoms with E-state index in [0.717, 1.165) is 36.9 Å². The average molecular weight is 423 g/mol. The third-order valence-corrected chi connectivity index (χ3v) is 7.68. The molecule has 1 aromatic carbocycles. The molecule has 25 heavy (non-hydrogen) atoms. The van der Waals surface area contributed by atoms with Crippen LogP contribution in [0.2, 0.25) is 0 Å². The molecule has 0 amide bonds. The predicted octanol–water partition coefficient (Wildman–Crippen LogP) is 7.54. The summed E-state index contributed by atoms with van der Waals surface area (Å²) in [5.74, 6) is 1.03. The minimum Gasteiger partial charge on any atom is -0.493 e. The van der Waals surface area contributed by atoms with Crippen molar-refractivity contribution in [1.29, 1.82) is 0 Å². The van der Waals surface area contributed by atoms with Gasteiger partial charge in [0.25, 0.3) is 0 Å². The molecule has 138 valence electrons. The summed E-state index contributed by atoms with van der Waals surface area (Å²) in [7, 11) is 0. The highest BCUT2D eigenvalue weighted by atomic mass is 79.9. The fourth-order valence-corrected chi connectivity index (χ4v) is 5.64. The average Bonchev–Trinajstić information content (AvgIpc) is 2.99. The number of hydrogen-bond donors (Lipinski definition) is 0. The van der Waals surface area contributed by atoms with Crippen LogP contribution < -0.4 is 4.74 Å². The van der Waals surface area contributed by atoms with Crippen molar-refractivity contribution in [2.45, 2.75) is 71.0 Å². The summed E-state index contributed by atoms with van der Waals surface area (Å²) in [6.07, 6.45) is 4.50. The van der Waals surface area contributed by atoms with Crippen LogP contribution in [-0.4, -0.2) is 6.61 Å². The normalized spacial score (nSPS) is 11.8. The summed E-state index contributed by atoms with van der Waals surface area (Å²) >= 11 is 5.59. The van der Waals surface area contributed by atoms with Crippen molar-refractivity contribution in [2.75, 3.05) is 6.61 Å². The van der Waals surface area contributed by atoms with E-state index in [2.05, 4.69) is 74.8 Å². The molecule has 0 aliphatic carbocycles. The minimum atomic E-state index is 0.0998. The van der Waals surface area contributed by atoms with E-state index in [-0.39, 0.29) is 5.41 Å². The molecule has 0 radical (unpaired) electrons. The van der Waals surface area contributed by atoms with Crippen LogP contribution in [0.5, 0.6) is 5.75 Å². The van der Waals surface area contributed by atoms with Crippen LogP contribution in [0.25, 0.3) is 0 Å². The molecule has 3 heteroatoms. The number of hydrogen-bond acceptors (Lipinski definition) is 2. The van der Waals surface area contributed by atoms with Crippen LogP contribution in [0.1, 0.15) is 72.9 Å². The first-order chi connectivity index (χ1) is 12.0. The van der Waals surface area contributed by atoms with Gasteiger partial charge in [0, 0.05) is 20.5 Å². The summed E-state index contributed by atoms with van der Waals surface area (Å²) in [6.45, 7) is 12.0. The van der Waals surface area contributed by atoms with Crippen molar-refractivity contribution in [2.24, 2.45) is 0 Å². The van der Waals surface area contributed by atoms with Crippen molar-refractivity contribution in [3.8, 4) is 5.75 Å². The van der Waals surface area contributed by atoms with Gasteiger partial charge in [-0.15, -0.1) is 11.3 Å². The van der Waals surface area contributed by atoms with Crippen molar-refractivity contribution in [3.63, 3.8) is 0 Å². The van der Waals surface area contributed by atoms with Crippen molar-refractivity contribution in [1.82, 2.24) is 0 Å². The first-order valence-corrected chi connectivity index (χ1v) is 11.4. The molecule has 0 spiro atoms. The molecule has 0 bridgehead atoms. The Morgan fingerprint density at radius 2 is 1.76 bits per heavy atom. The molecule has 0 N–H and O–H groups in total. The fourth-order valence-electron chi connectivity index (χ4n) is 3.47. The van der Waals surface area contributed by atoms with Gasteiger partial charge in [-0.2, -0.15) is 0 Å². The molecule has 1 nitrogen and oxygen atoms in total. The number of alkyl halides is 1. The molecular formula is C22H31BrOS. The highest BCUT2D eigenvalue weighted by molar-refractivity contribution is 9.08. The van der Waals surface area contributed by atoms with E-state index < -0.39 is 0 Å². The van der Waals surface area contributed by atoms with E-state index in [9.17, 15) is 0 Å². The fraction of sp³-hybridized carbons (Fsp3) is 0.545. The topological polar surface area (TPSA) is 9.23 Å². The predicted molar refractivity (Wildman–Crippen MR) is 115 cm³/mol. The lowest BCUT2D eigenvalue weighted by Gasteiger charge is -2.32. The smallest absolute Gasteiger partial charge is 0.122 e. The maximum Gasteiger partial charge on any atom is 0.122 e. The second kappa shape index (κ2) is 9.23. The third kappa shape index (κ3) is 4.31. The Balaban J connectivity index is 2.40. The second-order valence-corrected chi connectivity index (χ2v) is 8.52. The zero-order chi connectivity index (χ0) is 18.4. The Hall–Kier alpha value is -0.800. The summed E-state index contributed by atoms with van der Waals surface area (Å²) in [5, 5.41) is 0.941. The Morgan fingerprint density at radius 1 is 1.04 bits per heavy atom. The number of halogens is 1. The molecule has 1 aromatic heterocycles. The summed E-state index contributed by atoms with van der Waals surface area (Å²) in [6, 6.07) is 9.20. The lowest BCUT2D eigenvalue weighted by Crippen LogP contribution is -2.25. The van der Waals surface area contributed by atoms with Gasteiger partial charge in [-0.05, 0) is 61.9 Å². The van der Waals surface area contributed by atoms with Crippen LogP contribution >= 0.6 is 27.3 Å². The molecule has 2 aromatic rings. The van der Waals surface area contributed by atoms with Gasteiger partial charge in [0.05, 0.1) is 6.61 Å². The highest BCUT2D eigenvalue weighted by Gasteiger charge is 2.33. The first kappa shape index (κ1) is 20.5. The maximum atomic E-state index is 5.95. The molecule has 0 atom stereocenters. The quantitative estimate of drug-likeness (QED) is 0.299. The number of aryl methyl sites for hydroxylation is 2. The molecule has 0 unspecified atom stereocenters. The Bertz CT molecular complexity index is 685. The van der Waals surface area contributed by atoms with E-state index >= 15 is 0 Å². The molecule has 0 aliphatic rings. The molecule has 2 rings (SSSR count). The van der Waals surface area contributed by atoms with Gasteiger partial charge in [-0.3, -0.25) is 0 Å². The number of thiophene rings is 1. The van der Waals surface area contributed by atoms with Crippen molar-refractivity contribution in [3.05, 3.63) is 50.7 Å². The molecule has 0 saturated heterocycles. The van der Waals surface area contributed by atoms with Crippen LogP contribution in [0.15, 0.2) is 24.3 Å². The van der Waals surface area contributed by atoms with Crippen molar-refractivity contribution >= 4 is 27.3 Å². The minimum absolute atomic E-state index is 0.0998. The van der Waals surface area contributed by atoms with E-state index in [1.54, 1.807) is 0 Å². The number of benzene rings is 1.